The van der Waals surface area contributed by atoms with Crippen molar-refractivity contribution >= 4 is 26.7 Å². The number of nitrogens with one attached hydrogen (secondary N) is 1. The lowest BCUT2D eigenvalue weighted by Crippen LogP contribution is -2.42. The van der Waals surface area contributed by atoms with Gasteiger partial charge in [-0.25, -0.2) is 0 Å². The van der Waals surface area contributed by atoms with Gasteiger partial charge in [0.05, 0.1) is 20.9 Å². The first-order valence-electron chi connectivity index (χ1n) is 7.54. The smallest absolute Gasteiger partial charge is 0.0588 e. The van der Waals surface area contributed by atoms with Crippen LogP contribution >= 0.6 is 15.9 Å². The van der Waals surface area contributed by atoms with Crippen molar-refractivity contribution in [3.63, 3.8) is 0 Å². The van der Waals surface area contributed by atoms with Gasteiger partial charge in [-0.1, -0.05) is 39.3 Å². The number of hydrogen-bond acceptors (Lipinski definition) is 2. The topological polar surface area (TPSA) is 29.1 Å². The van der Waals surface area contributed by atoms with Crippen molar-refractivity contribution in [1.82, 2.24) is 5.32 Å². The number of rotatable bonds is 9. The van der Waals surface area contributed by atoms with E-state index in [1.54, 1.807) is 0 Å². The van der Waals surface area contributed by atoms with Crippen LogP contribution in [0.3, 0.4) is 0 Å². The summed E-state index contributed by atoms with van der Waals surface area (Å²) in [6, 6.07) is 8.18. The van der Waals surface area contributed by atoms with Crippen LogP contribution in [0.1, 0.15) is 46.5 Å². The van der Waals surface area contributed by atoms with Gasteiger partial charge in [0.2, 0.25) is 0 Å². The van der Waals surface area contributed by atoms with Crippen molar-refractivity contribution < 1.29 is 4.21 Å². The minimum atomic E-state index is -0.977. The van der Waals surface area contributed by atoms with Gasteiger partial charge in [-0.3, -0.25) is 4.21 Å². The van der Waals surface area contributed by atoms with Crippen LogP contribution in [0, 0.1) is 0 Å². The molecule has 3 atom stereocenters. The monoisotopic (exact) mass is 359 g/mol. The molecule has 0 aliphatic carbocycles. The van der Waals surface area contributed by atoms with Crippen LogP contribution in [0.25, 0.3) is 0 Å². The quantitative estimate of drug-likeness (QED) is 0.702. The van der Waals surface area contributed by atoms with Crippen LogP contribution in [-0.2, 0) is 10.8 Å². The summed E-state index contributed by atoms with van der Waals surface area (Å²) in [5.74, 6) is 0. The zero-order valence-electron chi connectivity index (χ0n) is 12.7. The Morgan fingerprint density at radius 3 is 2.45 bits per heavy atom. The zero-order valence-corrected chi connectivity index (χ0v) is 15.1. The van der Waals surface area contributed by atoms with Crippen molar-refractivity contribution in [2.75, 3.05) is 6.54 Å². The molecule has 114 valence electrons. The van der Waals surface area contributed by atoms with Gasteiger partial charge >= 0.3 is 0 Å². The van der Waals surface area contributed by atoms with Gasteiger partial charge in [0.15, 0.2) is 0 Å². The molecule has 1 N–H and O–H groups in total. The van der Waals surface area contributed by atoms with E-state index in [0.29, 0.717) is 6.04 Å². The zero-order chi connectivity index (χ0) is 15.0. The van der Waals surface area contributed by atoms with Gasteiger partial charge in [0.1, 0.15) is 0 Å². The number of halogens is 1. The third-order valence-electron chi connectivity index (χ3n) is 3.44. The van der Waals surface area contributed by atoms with Gasteiger partial charge in [-0.2, -0.15) is 0 Å². The molecule has 0 aromatic heterocycles. The molecule has 1 rings (SSSR count). The summed E-state index contributed by atoms with van der Waals surface area (Å²) in [6.45, 7) is 7.49. The molecule has 1 aromatic carbocycles. The van der Waals surface area contributed by atoms with Crippen molar-refractivity contribution in [2.45, 2.75) is 62.6 Å². The van der Waals surface area contributed by atoms with Crippen LogP contribution in [0.2, 0.25) is 0 Å². The Bertz CT molecular complexity index is 425. The standard InChI is InChI=1S/C16H26BrNOS/c1-4-9-14(18-12-5-2)15(6-3)20(19)16-11-8-7-10-13(16)17/h7-8,10-11,14-15,18H,4-6,9,12H2,1-3H3. The Labute approximate surface area is 134 Å². The summed E-state index contributed by atoms with van der Waals surface area (Å²) < 4.78 is 13.9. The van der Waals surface area contributed by atoms with E-state index in [-0.39, 0.29) is 5.25 Å². The van der Waals surface area contributed by atoms with Crippen molar-refractivity contribution in [3.8, 4) is 0 Å². The van der Waals surface area contributed by atoms with Gasteiger partial charge < -0.3 is 5.32 Å². The molecule has 0 bridgehead atoms. The van der Waals surface area contributed by atoms with E-state index in [2.05, 4.69) is 42.0 Å². The predicted octanol–water partition coefficient (Wildman–Crippen LogP) is 4.50. The lowest BCUT2D eigenvalue weighted by atomic mass is 10.1. The Hall–Kier alpha value is -0.190. The number of benzene rings is 1. The molecule has 1 aromatic rings. The SMILES string of the molecule is CCCNC(CCC)C(CC)S(=O)c1ccccc1Br. The largest absolute Gasteiger partial charge is 0.313 e. The molecule has 0 aliphatic heterocycles. The highest BCUT2D eigenvalue weighted by Crippen LogP contribution is 2.25. The fraction of sp³-hybridized carbons (Fsp3) is 0.625. The van der Waals surface area contributed by atoms with Gasteiger partial charge in [-0.15, -0.1) is 0 Å². The molecule has 2 nitrogen and oxygen atoms in total. The molecule has 0 spiro atoms. The van der Waals surface area contributed by atoms with Crippen LogP contribution < -0.4 is 5.32 Å². The van der Waals surface area contributed by atoms with Crippen LogP contribution in [0.15, 0.2) is 33.6 Å². The summed E-state index contributed by atoms with van der Waals surface area (Å²) in [4.78, 5) is 0.916. The van der Waals surface area contributed by atoms with E-state index >= 15 is 0 Å². The second-order valence-electron chi connectivity index (χ2n) is 5.02. The molecule has 0 saturated heterocycles. The Morgan fingerprint density at radius 2 is 1.90 bits per heavy atom. The molecule has 4 heteroatoms. The first-order chi connectivity index (χ1) is 9.65. The van der Waals surface area contributed by atoms with Crippen LogP contribution in [0.5, 0.6) is 0 Å². The van der Waals surface area contributed by atoms with Crippen LogP contribution in [0.4, 0.5) is 0 Å². The normalized spacial score (nSPS) is 15.8. The summed E-state index contributed by atoms with van der Waals surface area (Å²) in [5, 5.41) is 3.75. The molecular weight excluding hydrogens is 334 g/mol. The van der Waals surface area contributed by atoms with Crippen molar-refractivity contribution in [1.29, 1.82) is 0 Å². The highest BCUT2D eigenvalue weighted by molar-refractivity contribution is 9.10. The fourth-order valence-corrected chi connectivity index (χ4v) is 4.81. The Kier molecular flexibility index (Phi) is 8.66. The second-order valence-corrected chi connectivity index (χ2v) is 7.52. The molecular formula is C16H26BrNOS. The third kappa shape index (κ3) is 4.97. The van der Waals surface area contributed by atoms with E-state index in [1.807, 2.05) is 24.3 Å². The molecule has 0 radical (unpaired) electrons. The first kappa shape index (κ1) is 17.9. The summed E-state index contributed by atoms with van der Waals surface area (Å²) >= 11 is 3.52. The molecule has 0 fully saturated rings. The summed E-state index contributed by atoms with van der Waals surface area (Å²) in [6.07, 6.45) is 4.23. The molecule has 3 unspecified atom stereocenters. The van der Waals surface area contributed by atoms with Crippen molar-refractivity contribution in [2.24, 2.45) is 0 Å². The molecule has 0 amide bonds. The molecule has 0 heterocycles. The van der Waals surface area contributed by atoms with Crippen molar-refractivity contribution in [3.05, 3.63) is 28.7 Å². The van der Waals surface area contributed by atoms with E-state index < -0.39 is 10.8 Å². The number of hydrogen-bond donors (Lipinski definition) is 1. The predicted molar refractivity (Wildman–Crippen MR) is 91.6 cm³/mol. The van der Waals surface area contributed by atoms with E-state index in [0.717, 1.165) is 41.6 Å². The first-order valence-corrected chi connectivity index (χ1v) is 9.54. The average Bonchev–Trinajstić information content (AvgIpc) is 2.45. The Balaban J connectivity index is 2.91. The van der Waals surface area contributed by atoms with E-state index in [1.165, 1.54) is 0 Å². The second kappa shape index (κ2) is 9.69. The van der Waals surface area contributed by atoms with Gasteiger partial charge in [0.25, 0.3) is 0 Å². The third-order valence-corrected chi connectivity index (χ3v) is 6.39. The Morgan fingerprint density at radius 1 is 1.20 bits per heavy atom. The van der Waals surface area contributed by atoms with Gasteiger partial charge in [0, 0.05) is 10.5 Å². The highest BCUT2D eigenvalue weighted by atomic mass is 79.9. The fourth-order valence-electron chi connectivity index (χ4n) is 2.42. The van der Waals surface area contributed by atoms with E-state index in [4.69, 9.17) is 0 Å². The average molecular weight is 360 g/mol. The minimum absolute atomic E-state index is 0.167. The minimum Gasteiger partial charge on any atom is -0.313 e. The maximum Gasteiger partial charge on any atom is 0.0588 e. The molecule has 0 aliphatic rings. The maximum atomic E-state index is 12.9. The lowest BCUT2D eigenvalue weighted by molar-refractivity contribution is 0.447. The highest BCUT2D eigenvalue weighted by Gasteiger charge is 2.26. The molecule has 0 saturated carbocycles. The van der Waals surface area contributed by atoms with Gasteiger partial charge in [-0.05, 0) is 53.9 Å². The summed E-state index contributed by atoms with van der Waals surface area (Å²) in [7, 11) is -0.977. The maximum absolute atomic E-state index is 12.9. The van der Waals surface area contributed by atoms with Crippen LogP contribution in [-0.4, -0.2) is 22.0 Å². The summed E-state index contributed by atoms with van der Waals surface area (Å²) in [5.41, 5.74) is 0. The van der Waals surface area contributed by atoms with E-state index in [9.17, 15) is 4.21 Å². The lowest BCUT2D eigenvalue weighted by Gasteiger charge is -2.27. The molecule has 20 heavy (non-hydrogen) atoms.